The van der Waals surface area contributed by atoms with E-state index in [2.05, 4.69) is 0 Å². The Hall–Kier alpha value is -1.24. The topological polar surface area (TPSA) is 64.3 Å². The largest absolute Gasteiger partial charge is 0.481 e. The first-order valence-corrected chi connectivity index (χ1v) is 3.11. The SMILES string of the molecule is N#CN1CCC(C(=O)O)C1. The summed E-state index contributed by atoms with van der Waals surface area (Å²) in [5.74, 6) is -1.13. The zero-order chi connectivity index (χ0) is 7.56. The number of nitriles is 1. The van der Waals surface area contributed by atoms with E-state index in [0.717, 1.165) is 0 Å². The van der Waals surface area contributed by atoms with E-state index in [1.54, 1.807) is 0 Å². The summed E-state index contributed by atoms with van der Waals surface area (Å²) in [6.45, 7) is 0.972. The summed E-state index contributed by atoms with van der Waals surface area (Å²) in [4.78, 5) is 11.8. The van der Waals surface area contributed by atoms with Crippen LogP contribution in [0.25, 0.3) is 0 Å². The molecule has 1 aliphatic heterocycles. The van der Waals surface area contributed by atoms with Crippen LogP contribution in [0, 0.1) is 17.4 Å². The van der Waals surface area contributed by atoms with E-state index < -0.39 is 5.97 Å². The zero-order valence-corrected chi connectivity index (χ0v) is 5.45. The molecule has 0 aromatic heterocycles. The van der Waals surface area contributed by atoms with Gasteiger partial charge < -0.3 is 10.0 Å². The van der Waals surface area contributed by atoms with Gasteiger partial charge in [0.05, 0.1) is 5.92 Å². The van der Waals surface area contributed by atoms with Gasteiger partial charge in [-0.2, -0.15) is 5.26 Å². The van der Waals surface area contributed by atoms with Crippen LogP contribution in [0.2, 0.25) is 0 Å². The fourth-order valence-electron chi connectivity index (χ4n) is 1.05. The molecule has 0 bridgehead atoms. The second-order valence-corrected chi connectivity index (χ2v) is 2.37. The smallest absolute Gasteiger partial charge is 0.308 e. The maximum Gasteiger partial charge on any atom is 0.308 e. The molecule has 1 unspecified atom stereocenters. The van der Waals surface area contributed by atoms with Crippen molar-refractivity contribution in [1.29, 1.82) is 5.26 Å². The number of rotatable bonds is 1. The van der Waals surface area contributed by atoms with Crippen LogP contribution in [0.4, 0.5) is 0 Å². The quantitative estimate of drug-likeness (QED) is 0.515. The number of nitrogens with zero attached hydrogens (tertiary/aromatic N) is 2. The average Bonchev–Trinajstić information content (AvgIpc) is 2.34. The lowest BCUT2D eigenvalue weighted by molar-refractivity contribution is -0.141. The zero-order valence-electron chi connectivity index (χ0n) is 5.45. The van der Waals surface area contributed by atoms with Crippen LogP contribution in [0.5, 0.6) is 0 Å². The minimum atomic E-state index is -0.794. The van der Waals surface area contributed by atoms with Crippen LogP contribution >= 0.6 is 0 Å². The van der Waals surface area contributed by atoms with Crippen molar-refractivity contribution in [2.24, 2.45) is 5.92 Å². The Morgan fingerprint density at radius 1 is 1.80 bits per heavy atom. The molecule has 0 spiro atoms. The average molecular weight is 140 g/mol. The van der Waals surface area contributed by atoms with E-state index in [9.17, 15) is 4.79 Å². The summed E-state index contributed by atoms with van der Waals surface area (Å²) in [5.41, 5.74) is 0. The predicted octanol–water partition coefficient (Wildman–Crippen LogP) is -0.126. The van der Waals surface area contributed by atoms with Crippen molar-refractivity contribution in [1.82, 2.24) is 4.90 Å². The summed E-state index contributed by atoms with van der Waals surface area (Å²) in [6, 6.07) is 0. The minimum absolute atomic E-state index is 0.334. The molecule has 10 heavy (non-hydrogen) atoms. The molecule has 0 aromatic rings. The molecule has 4 nitrogen and oxygen atoms in total. The van der Waals surface area contributed by atoms with Gasteiger partial charge in [0.15, 0.2) is 6.19 Å². The number of hydrogen-bond acceptors (Lipinski definition) is 3. The van der Waals surface area contributed by atoms with E-state index in [1.165, 1.54) is 4.90 Å². The van der Waals surface area contributed by atoms with Crippen LogP contribution in [0.3, 0.4) is 0 Å². The molecule has 1 aliphatic rings. The Labute approximate surface area is 58.7 Å². The van der Waals surface area contributed by atoms with Gasteiger partial charge in [0, 0.05) is 13.1 Å². The van der Waals surface area contributed by atoms with Gasteiger partial charge in [0.25, 0.3) is 0 Å². The molecule has 0 radical (unpaired) electrons. The number of aliphatic carboxylic acids is 1. The van der Waals surface area contributed by atoms with Crippen LogP contribution in [-0.2, 0) is 4.79 Å². The molecule has 54 valence electrons. The number of likely N-dealkylation sites (tertiary alicyclic amines) is 1. The molecular formula is C6H8N2O2. The van der Waals surface area contributed by atoms with Crippen molar-refractivity contribution in [3.8, 4) is 6.19 Å². The molecule has 1 heterocycles. The van der Waals surface area contributed by atoms with E-state index in [-0.39, 0.29) is 5.92 Å². The van der Waals surface area contributed by atoms with Gasteiger partial charge in [0.1, 0.15) is 0 Å². The molecule has 0 amide bonds. The number of carbonyl (C=O) groups is 1. The summed E-state index contributed by atoms with van der Waals surface area (Å²) in [6.07, 6.45) is 2.52. The number of carboxylic acid groups (broad SMARTS) is 1. The maximum atomic E-state index is 10.3. The molecule has 1 rings (SSSR count). The lowest BCUT2D eigenvalue weighted by atomic mass is 10.1. The number of carboxylic acids is 1. The highest BCUT2D eigenvalue weighted by molar-refractivity contribution is 5.70. The Morgan fingerprint density at radius 2 is 2.50 bits per heavy atom. The Balaban J connectivity index is 2.45. The Kier molecular flexibility index (Phi) is 1.76. The fraction of sp³-hybridized carbons (Fsp3) is 0.667. The molecule has 0 saturated carbocycles. The molecule has 0 aromatic carbocycles. The fourth-order valence-corrected chi connectivity index (χ4v) is 1.05. The standard InChI is InChI=1S/C6H8N2O2/c7-4-8-2-1-5(3-8)6(9)10/h5H,1-3H2,(H,9,10). The lowest BCUT2D eigenvalue weighted by Crippen LogP contribution is -2.18. The second kappa shape index (κ2) is 2.56. The summed E-state index contributed by atoms with van der Waals surface area (Å²) >= 11 is 0. The van der Waals surface area contributed by atoms with Crippen molar-refractivity contribution >= 4 is 5.97 Å². The van der Waals surface area contributed by atoms with Crippen molar-refractivity contribution < 1.29 is 9.90 Å². The highest BCUT2D eigenvalue weighted by Gasteiger charge is 2.26. The third kappa shape index (κ3) is 1.18. The van der Waals surface area contributed by atoms with E-state index in [1.807, 2.05) is 6.19 Å². The maximum absolute atomic E-state index is 10.3. The van der Waals surface area contributed by atoms with E-state index in [0.29, 0.717) is 19.5 Å². The predicted molar refractivity (Wildman–Crippen MR) is 32.9 cm³/mol. The van der Waals surface area contributed by atoms with Crippen molar-refractivity contribution in [2.75, 3.05) is 13.1 Å². The minimum Gasteiger partial charge on any atom is -0.481 e. The van der Waals surface area contributed by atoms with E-state index >= 15 is 0 Å². The molecular weight excluding hydrogens is 132 g/mol. The van der Waals surface area contributed by atoms with Gasteiger partial charge in [0.2, 0.25) is 0 Å². The highest BCUT2D eigenvalue weighted by Crippen LogP contribution is 2.14. The molecule has 1 atom stereocenters. The molecule has 1 saturated heterocycles. The van der Waals surface area contributed by atoms with Gasteiger partial charge in [-0.3, -0.25) is 4.79 Å². The van der Waals surface area contributed by atoms with Crippen molar-refractivity contribution in [3.05, 3.63) is 0 Å². The van der Waals surface area contributed by atoms with Crippen molar-refractivity contribution in [2.45, 2.75) is 6.42 Å². The normalized spacial score (nSPS) is 24.3. The molecule has 1 fully saturated rings. The van der Waals surface area contributed by atoms with Gasteiger partial charge in [-0.15, -0.1) is 0 Å². The van der Waals surface area contributed by atoms with Gasteiger partial charge in [-0.1, -0.05) is 0 Å². The third-order valence-corrected chi connectivity index (χ3v) is 1.68. The number of hydrogen-bond donors (Lipinski definition) is 1. The molecule has 0 aliphatic carbocycles. The van der Waals surface area contributed by atoms with Crippen LogP contribution in [-0.4, -0.2) is 29.1 Å². The highest BCUT2D eigenvalue weighted by atomic mass is 16.4. The van der Waals surface area contributed by atoms with E-state index in [4.69, 9.17) is 10.4 Å². The van der Waals surface area contributed by atoms with Crippen LogP contribution in [0.1, 0.15) is 6.42 Å². The molecule has 1 N–H and O–H groups in total. The van der Waals surface area contributed by atoms with Crippen LogP contribution in [0.15, 0.2) is 0 Å². The first-order valence-electron chi connectivity index (χ1n) is 3.11. The summed E-state index contributed by atoms with van der Waals surface area (Å²) in [5, 5.41) is 16.8. The van der Waals surface area contributed by atoms with Gasteiger partial charge >= 0.3 is 5.97 Å². The van der Waals surface area contributed by atoms with Gasteiger partial charge in [-0.05, 0) is 6.42 Å². The Morgan fingerprint density at radius 3 is 2.80 bits per heavy atom. The van der Waals surface area contributed by atoms with Gasteiger partial charge in [-0.25, -0.2) is 0 Å². The Bertz CT molecular complexity index is 185. The second-order valence-electron chi connectivity index (χ2n) is 2.37. The first-order chi connectivity index (χ1) is 4.74. The first kappa shape index (κ1) is 6.87. The monoisotopic (exact) mass is 140 g/mol. The third-order valence-electron chi connectivity index (χ3n) is 1.68. The van der Waals surface area contributed by atoms with Crippen LogP contribution < -0.4 is 0 Å². The van der Waals surface area contributed by atoms with Crippen molar-refractivity contribution in [3.63, 3.8) is 0 Å². The lowest BCUT2D eigenvalue weighted by Gasteiger charge is -2.03. The summed E-state index contributed by atoms with van der Waals surface area (Å²) in [7, 11) is 0. The molecule has 4 heteroatoms. The summed E-state index contributed by atoms with van der Waals surface area (Å²) < 4.78 is 0.